The van der Waals surface area contributed by atoms with E-state index in [0.29, 0.717) is 17.0 Å². The Morgan fingerprint density at radius 2 is 1.66 bits per heavy atom. The molecule has 1 unspecified atom stereocenters. The maximum Gasteiger partial charge on any atom is 0.187 e. The van der Waals surface area contributed by atoms with Gasteiger partial charge < -0.3 is 4.74 Å². The Morgan fingerprint density at radius 3 is 2.47 bits per heavy atom. The van der Waals surface area contributed by atoms with Gasteiger partial charge >= 0.3 is 0 Å². The van der Waals surface area contributed by atoms with Crippen LogP contribution < -0.4 is 4.74 Å². The quantitative estimate of drug-likeness (QED) is 0.405. The van der Waals surface area contributed by atoms with Gasteiger partial charge in [-0.25, -0.2) is 13.4 Å². The third-order valence-electron chi connectivity index (χ3n) is 5.56. The van der Waals surface area contributed by atoms with Crippen LogP contribution in [0.5, 0.6) is 5.75 Å². The Labute approximate surface area is 187 Å². The molecule has 3 aromatic carbocycles. The minimum absolute atomic E-state index is 0.124. The number of hydrogen-bond donors (Lipinski definition) is 2. The van der Waals surface area contributed by atoms with E-state index < -0.39 is 25.7 Å². The van der Waals surface area contributed by atoms with Gasteiger partial charge in [0.2, 0.25) is 0 Å². The summed E-state index contributed by atoms with van der Waals surface area (Å²) >= 11 is 0. The van der Waals surface area contributed by atoms with Gasteiger partial charge in [-0.2, -0.15) is 10.6 Å². The minimum Gasteiger partial charge on any atom is -0.487 e. The number of fused-ring (bicyclic) bond motifs is 2. The van der Waals surface area contributed by atoms with Gasteiger partial charge in [0.15, 0.2) is 9.84 Å². The highest BCUT2D eigenvalue weighted by Crippen LogP contribution is 2.63. The van der Waals surface area contributed by atoms with Crippen molar-refractivity contribution in [2.24, 2.45) is 0 Å². The lowest BCUT2D eigenvalue weighted by Crippen LogP contribution is -2.16. The molecule has 1 aliphatic rings. The van der Waals surface area contributed by atoms with Crippen LogP contribution in [-0.4, -0.2) is 28.3 Å². The first kappa shape index (κ1) is 21.0. The summed E-state index contributed by atoms with van der Waals surface area (Å²) in [5.74, 6) is 0.0354. The van der Waals surface area contributed by atoms with Crippen LogP contribution in [0.25, 0.3) is 10.9 Å². The van der Waals surface area contributed by atoms with Crippen LogP contribution in [0.1, 0.15) is 16.5 Å². The average Bonchev–Trinajstić information content (AvgIpc) is 3.10. The number of para-hydroxylation sites is 1. The molecule has 0 aliphatic carbocycles. The summed E-state index contributed by atoms with van der Waals surface area (Å²) in [6.45, 7) is 0.124. The molecule has 0 spiro atoms. The third-order valence-corrected chi connectivity index (χ3v) is 9.71. The van der Waals surface area contributed by atoms with Gasteiger partial charge in [0, 0.05) is 10.9 Å². The van der Waals surface area contributed by atoms with E-state index in [4.69, 9.17) is 4.74 Å². The number of ether oxygens (including phenoxy) is 1. The summed E-state index contributed by atoms with van der Waals surface area (Å²) in [7, 11) is -7.11. The fourth-order valence-electron chi connectivity index (χ4n) is 4.00. The summed E-state index contributed by atoms with van der Waals surface area (Å²) in [6.07, 6.45) is 0. The minimum atomic E-state index is -3.85. The molecule has 5 rings (SSSR count). The molecule has 0 saturated carbocycles. The highest BCUT2D eigenvalue weighted by molar-refractivity contribution is 8.25. The number of rotatable bonds is 5. The normalized spacial score (nSPS) is 18.2. The second kappa shape index (κ2) is 7.90. The Hall–Kier alpha value is -2.91. The van der Waals surface area contributed by atoms with Crippen LogP contribution in [0.2, 0.25) is 0 Å². The SMILES string of the molecule is O=S(=O)(c1ccccc1)C1CS(O)(O)c2cccc(OCc3ccc4ccccc4n3)c21. The Balaban J connectivity index is 1.52. The molecule has 1 atom stereocenters. The zero-order valence-corrected chi connectivity index (χ0v) is 18.6. The van der Waals surface area contributed by atoms with Gasteiger partial charge in [0.1, 0.15) is 17.6 Å². The summed E-state index contributed by atoms with van der Waals surface area (Å²) < 4.78 is 54.1. The van der Waals surface area contributed by atoms with Crippen molar-refractivity contribution in [1.29, 1.82) is 0 Å². The molecule has 32 heavy (non-hydrogen) atoms. The monoisotopic (exact) mass is 467 g/mol. The van der Waals surface area contributed by atoms with Crippen LogP contribution >= 0.6 is 10.6 Å². The fraction of sp³-hybridized carbons (Fsp3) is 0.125. The topological polar surface area (TPSA) is 96.7 Å². The first-order valence-corrected chi connectivity index (χ1v) is 13.3. The zero-order valence-electron chi connectivity index (χ0n) is 17.0. The number of sulfone groups is 1. The van der Waals surface area contributed by atoms with Crippen molar-refractivity contribution in [2.45, 2.75) is 21.6 Å². The predicted octanol–water partition coefficient (Wildman–Crippen LogP) is 5.45. The van der Waals surface area contributed by atoms with E-state index in [1.807, 2.05) is 36.4 Å². The lowest BCUT2D eigenvalue weighted by molar-refractivity contribution is 0.297. The van der Waals surface area contributed by atoms with Crippen molar-refractivity contribution in [3.63, 3.8) is 0 Å². The smallest absolute Gasteiger partial charge is 0.187 e. The van der Waals surface area contributed by atoms with Crippen molar-refractivity contribution in [3.05, 3.63) is 96.2 Å². The van der Waals surface area contributed by atoms with Gasteiger partial charge in [-0.1, -0.05) is 48.5 Å². The number of aromatic nitrogens is 1. The Morgan fingerprint density at radius 1 is 0.906 bits per heavy atom. The van der Waals surface area contributed by atoms with E-state index in [1.54, 1.807) is 36.4 Å². The van der Waals surface area contributed by atoms with Crippen LogP contribution in [0.15, 0.2) is 94.7 Å². The molecule has 1 aromatic heterocycles. The molecular weight excluding hydrogens is 446 g/mol. The molecule has 4 aromatic rings. The molecule has 164 valence electrons. The van der Waals surface area contributed by atoms with Crippen LogP contribution in [0, 0.1) is 0 Å². The van der Waals surface area contributed by atoms with E-state index in [2.05, 4.69) is 4.98 Å². The Bertz CT molecular complexity index is 1400. The molecule has 0 radical (unpaired) electrons. The van der Waals surface area contributed by atoms with Gasteiger partial charge in [-0.3, -0.25) is 9.11 Å². The lowest BCUT2D eigenvalue weighted by atomic mass is 10.1. The van der Waals surface area contributed by atoms with Crippen molar-refractivity contribution in [2.75, 3.05) is 5.75 Å². The van der Waals surface area contributed by atoms with E-state index in [-0.39, 0.29) is 22.2 Å². The Kier molecular flexibility index (Phi) is 5.17. The molecule has 0 amide bonds. The zero-order chi connectivity index (χ0) is 22.3. The summed E-state index contributed by atoms with van der Waals surface area (Å²) in [5.41, 5.74) is 1.84. The summed E-state index contributed by atoms with van der Waals surface area (Å²) in [4.78, 5) is 4.96. The number of pyridine rings is 1. The lowest BCUT2D eigenvalue weighted by Gasteiger charge is -2.27. The summed E-state index contributed by atoms with van der Waals surface area (Å²) in [5, 5.41) is -0.0921. The van der Waals surface area contributed by atoms with Gasteiger partial charge in [-0.05, 0) is 36.4 Å². The van der Waals surface area contributed by atoms with E-state index >= 15 is 0 Å². The molecule has 1 aliphatic heterocycles. The van der Waals surface area contributed by atoms with E-state index in [9.17, 15) is 17.5 Å². The molecule has 8 heteroatoms. The maximum atomic E-state index is 13.4. The summed E-state index contributed by atoms with van der Waals surface area (Å²) in [6, 6.07) is 24.5. The van der Waals surface area contributed by atoms with Crippen molar-refractivity contribution < 1.29 is 22.3 Å². The molecular formula is C24H21NO5S2. The molecule has 2 N–H and O–H groups in total. The standard InChI is InChI=1S/C24H21NO5S2/c26-31(27)16-23(32(28,29)19-8-2-1-3-9-19)24-21(11-6-12-22(24)31)30-15-18-14-13-17-7-4-5-10-20(17)25-18/h1-14,23,26-27H,15-16H2. The van der Waals surface area contributed by atoms with Gasteiger partial charge in [-0.15, -0.1) is 0 Å². The molecule has 6 nitrogen and oxygen atoms in total. The fourth-order valence-corrected chi connectivity index (χ4v) is 8.43. The van der Waals surface area contributed by atoms with Crippen LogP contribution in [-0.2, 0) is 16.4 Å². The average molecular weight is 468 g/mol. The number of hydrogen-bond acceptors (Lipinski definition) is 6. The second-order valence-electron chi connectivity index (χ2n) is 7.63. The highest BCUT2D eigenvalue weighted by Gasteiger charge is 2.45. The molecule has 0 saturated heterocycles. The largest absolute Gasteiger partial charge is 0.487 e. The second-order valence-corrected chi connectivity index (χ2v) is 11.9. The molecule has 0 fully saturated rings. The van der Waals surface area contributed by atoms with Crippen LogP contribution in [0.3, 0.4) is 0 Å². The first-order chi connectivity index (χ1) is 15.4. The van der Waals surface area contributed by atoms with Crippen molar-refractivity contribution in [3.8, 4) is 5.75 Å². The van der Waals surface area contributed by atoms with Crippen LogP contribution in [0.4, 0.5) is 0 Å². The van der Waals surface area contributed by atoms with E-state index in [1.165, 1.54) is 12.1 Å². The number of benzene rings is 3. The third kappa shape index (κ3) is 3.65. The molecule has 0 bridgehead atoms. The van der Waals surface area contributed by atoms with Gasteiger partial charge in [0.25, 0.3) is 0 Å². The maximum absolute atomic E-state index is 13.4. The van der Waals surface area contributed by atoms with E-state index in [0.717, 1.165) is 10.9 Å². The van der Waals surface area contributed by atoms with Crippen molar-refractivity contribution in [1.82, 2.24) is 4.98 Å². The molecule has 2 heterocycles. The predicted molar refractivity (Wildman–Crippen MR) is 125 cm³/mol. The van der Waals surface area contributed by atoms with Gasteiger partial charge in [0.05, 0.1) is 26.8 Å². The first-order valence-electron chi connectivity index (χ1n) is 10.0. The number of nitrogens with zero attached hydrogens (tertiary/aromatic N) is 1. The van der Waals surface area contributed by atoms with Crippen molar-refractivity contribution >= 4 is 31.3 Å². The highest BCUT2D eigenvalue weighted by atomic mass is 32.3.